The number of halogens is 1. The maximum absolute atomic E-state index is 11.6. The third-order valence-corrected chi connectivity index (χ3v) is 2.68. The maximum atomic E-state index is 11.6. The van der Waals surface area contributed by atoms with Gasteiger partial charge in [-0.05, 0) is 24.3 Å². The molecule has 0 saturated carbocycles. The van der Waals surface area contributed by atoms with E-state index in [0.29, 0.717) is 5.75 Å². The van der Waals surface area contributed by atoms with E-state index in [2.05, 4.69) is 0 Å². The number of hydrogen-bond donors (Lipinski definition) is 0. The Kier molecular flexibility index (Phi) is 4.73. The molecule has 0 aromatic heterocycles. The van der Waals surface area contributed by atoms with Crippen LogP contribution in [0.4, 0.5) is 5.69 Å². The minimum atomic E-state index is -0.746. The number of nitro groups is 1. The lowest BCUT2D eigenvalue weighted by molar-refractivity contribution is -0.385. The van der Waals surface area contributed by atoms with Crippen LogP contribution in [-0.4, -0.2) is 17.5 Å². The summed E-state index contributed by atoms with van der Waals surface area (Å²) in [6.45, 7) is -0.357. The first-order chi connectivity index (χ1) is 10.1. The van der Waals surface area contributed by atoms with Crippen molar-refractivity contribution in [2.75, 3.05) is 6.61 Å². The Labute approximate surface area is 125 Å². The Morgan fingerprint density at radius 3 is 2.57 bits per heavy atom. The summed E-state index contributed by atoms with van der Waals surface area (Å²) in [5, 5.41) is 11.0. The summed E-state index contributed by atoms with van der Waals surface area (Å²) < 4.78 is 10.1. The van der Waals surface area contributed by atoms with Crippen LogP contribution in [0.25, 0.3) is 0 Å². The summed E-state index contributed by atoms with van der Waals surface area (Å²) in [6, 6.07) is 12.5. The van der Waals surface area contributed by atoms with E-state index < -0.39 is 10.9 Å². The Bertz CT molecular complexity index is 660. The van der Waals surface area contributed by atoms with Crippen LogP contribution in [0.3, 0.4) is 0 Å². The van der Waals surface area contributed by atoms with Gasteiger partial charge in [0.1, 0.15) is 5.75 Å². The van der Waals surface area contributed by atoms with Gasteiger partial charge >= 0.3 is 11.7 Å². The first-order valence-corrected chi connectivity index (χ1v) is 6.26. The number of hydrogen-bond acceptors (Lipinski definition) is 5. The smallest absolute Gasteiger partial charge is 0.349 e. The Morgan fingerprint density at radius 1 is 1.19 bits per heavy atom. The van der Waals surface area contributed by atoms with E-state index in [9.17, 15) is 14.9 Å². The quantitative estimate of drug-likeness (QED) is 0.367. The van der Waals surface area contributed by atoms with Crippen molar-refractivity contribution in [3.63, 3.8) is 0 Å². The lowest BCUT2D eigenvalue weighted by Gasteiger charge is -2.07. The minimum absolute atomic E-state index is 0.175. The summed E-state index contributed by atoms with van der Waals surface area (Å²) in [4.78, 5) is 21.8. The molecule has 0 heterocycles. The summed E-state index contributed by atoms with van der Waals surface area (Å²) in [5.41, 5.74) is -0.379. The van der Waals surface area contributed by atoms with Gasteiger partial charge in [0.2, 0.25) is 5.75 Å². The predicted octanol–water partition coefficient (Wildman–Crippen LogP) is 3.23. The van der Waals surface area contributed by atoms with E-state index in [-0.39, 0.29) is 23.1 Å². The van der Waals surface area contributed by atoms with Gasteiger partial charge < -0.3 is 9.47 Å². The SMILES string of the molecule is O=C(COc1ccccc1)Oc1ccc(Cl)cc1[N+](=O)[O-]. The number of benzene rings is 2. The third-order valence-electron chi connectivity index (χ3n) is 2.44. The molecule has 0 unspecified atom stereocenters. The molecule has 2 aromatic carbocycles. The van der Waals surface area contributed by atoms with Crippen LogP contribution in [0.5, 0.6) is 11.5 Å². The van der Waals surface area contributed by atoms with E-state index in [1.54, 1.807) is 24.3 Å². The molecule has 0 N–H and O–H groups in total. The number of carbonyl (C=O) groups excluding carboxylic acids is 1. The highest BCUT2D eigenvalue weighted by Crippen LogP contribution is 2.29. The van der Waals surface area contributed by atoms with E-state index in [4.69, 9.17) is 21.1 Å². The van der Waals surface area contributed by atoms with Gasteiger partial charge in [-0.15, -0.1) is 0 Å². The number of carbonyl (C=O) groups is 1. The fraction of sp³-hybridized carbons (Fsp3) is 0.0714. The molecular weight excluding hydrogens is 298 g/mol. The van der Waals surface area contributed by atoms with Crippen molar-refractivity contribution >= 4 is 23.3 Å². The molecule has 0 aliphatic carbocycles. The highest BCUT2D eigenvalue weighted by atomic mass is 35.5. The molecule has 2 rings (SSSR count). The zero-order chi connectivity index (χ0) is 15.2. The van der Waals surface area contributed by atoms with Gasteiger partial charge in [-0.25, -0.2) is 4.79 Å². The van der Waals surface area contributed by atoms with Crippen molar-refractivity contribution in [2.24, 2.45) is 0 Å². The van der Waals surface area contributed by atoms with Crippen LogP contribution in [0.15, 0.2) is 48.5 Å². The summed E-state index contributed by atoms with van der Waals surface area (Å²) in [6.07, 6.45) is 0. The molecule has 2 aromatic rings. The molecule has 0 bridgehead atoms. The fourth-order valence-electron chi connectivity index (χ4n) is 1.53. The van der Waals surface area contributed by atoms with Crippen molar-refractivity contribution < 1.29 is 19.2 Å². The van der Waals surface area contributed by atoms with Crippen molar-refractivity contribution in [3.05, 3.63) is 63.7 Å². The minimum Gasteiger partial charge on any atom is -0.482 e. The highest BCUT2D eigenvalue weighted by Gasteiger charge is 2.18. The van der Waals surface area contributed by atoms with Gasteiger partial charge in [-0.2, -0.15) is 0 Å². The summed E-state index contributed by atoms with van der Waals surface area (Å²) >= 11 is 5.67. The zero-order valence-corrected chi connectivity index (χ0v) is 11.4. The van der Waals surface area contributed by atoms with Gasteiger partial charge in [0, 0.05) is 11.1 Å². The van der Waals surface area contributed by atoms with Crippen molar-refractivity contribution in [1.82, 2.24) is 0 Å². The molecule has 0 spiro atoms. The van der Waals surface area contributed by atoms with Crippen LogP contribution in [-0.2, 0) is 4.79 Å². The molecular formula is C14H10ClNO5. The normalized spacial score (nSPS) is 9.95. The predicted molar refractivity (Wildman–Crippen MR) is 75.7 cm³/mol. The number of esters is 1. The molecule has 0 aliphatic rings. The first-order valence-electron chi connectivity index (χ1n) is 5.89. The molecule has 0 atom stereocenters. The Hall–Kier alpha value is -2.60. The van der Waals surface area contributed by atoms with Gasteiger partial charge in [-0.3, -0.25) is 10.1 Å². The highest BCUT2D eigenvalue weighted by molar-refractivity contribution is 6.30. The van der Waals surface area contributed by atoms with Crippen LogP contribution in [0.1, 0.15) is 0 Å². The number of nitro benzene ring substituents is 1. The summed E-state index contributed by atoms with van der Waals surface area (Å²) in [7, 11) is 0. The summed E-state index contributed by atoms with van der Waals surface area (Å²) in [5.74, 6) is -0.421. The van der Waals surface area contributed by atoms with Crippen LogP contribution in [0, 0.1) is 10.1 Å². The molecule has 21 heavy (non-hydrogen) atoms. The van der Waals surface area contributed by atoms with Gasteiger partial charge in [0.15, 0.2) is 6.61 Å². The van der Waals surface area contributed by atoms with Gasteiger partial charge in [0.25, 0.3) is 0 Å². The van der Waals surface area contributed by atoms with Gasteiger partial charge in [0.05, 0.1) is 4.92 Å². The Balaban J connectivity index is 2.01. The number of para-hydroxylation sites is 1. The van der Waals surface area contributed by atoms with Crippen molar-refractivity contribution in [3.8, 4) is 11.5 Å². The molecule has 108 valence electrons. The van der Waals surface area contributed by atoms with Crippen LogP contribution < -0.4 is 9.47 Å². The van der Waals surface area contributed by atoms with Crippen molar-refractivity contribution in [1.29, 1.82) is 0 Å². The molecule has 0 radical (unpaired) electrons. The van der Waals surface area contributed by atoms with Gasteiger partial charge in [-0.1, -0.05) is 29.8 Å². The average Bonchev–Trinajstić information content (AvgIpc) is 2.48. The molecule has 0 aliphatic heterocycles. The zero-order valence-electron chi connectivity index (χ0n) is 10.7. The fourth-order valence-corrected chi connectivity index (χ4v) is 1.70. The lowest BCUT2D eigenvalue weighted by Crippen LogP contribution is -2.18. The molecule has 6 nitrogen and oxygen atoms in total. The van der Waals surface area contributed by atoms with E-state index in [1.165, 1.54) is 12.1 Å². The Morgan fingerprint density at radius 2 is 1.90 bits per heavy atom. The van der Waals surface area contributed by atoms with Crippen LogP contribution in [0.2, 0.25) is 5.02 Å². The first kappa shape index (κ1) is 14.8. The molecule has 0 fully saturated rings. The number of ether oxygens (including phenoxy) is 2. The average molecular weight is 308 g/mol. The standard InChI is InChI=1S/C14H10ClNO5/c15-10-6-7-13(12(8-10)16(18)19)21-14(17)9-20-11-4-2-1-3-5-11/h1-8H,9H2. The topological polar surface area (TPSA) is 78.7 Å². The van der Waals surface area contributed by atoms with Crippen LogP contribution >= 0.6 is 11.6 Å². The number of rotatable bonds is 5. The number of nitrogens with zero attached hydrogens (tertiary/aromatic N) is 1. The monoisotopic (exact) mass is 307 g/mol. The second-order valence-corrected chi connectivity index (χ2v) is 4.38. The van der Waals surface area contributed by atoms with E-state index in [0.717, 1.165) is 6.07 Å². The van der Waals surface area contributed by atoms with E-state index in [1.807, 2.05) is 6.07 Å². The lowest BCUT2D eigenvalue weighted by atomic mass is 10.3. The second-order valence-electron chi connectivity index (χ2n) is 3.94. The van der Waals surface area contributed by atoms with Crippen molar-refractivity contribution in [2.45, 2.75) is 0 Å². The van der Waals surface area contributed by atoms with E-state index >= 15 is 0 Å². The largest absolute Gasteiger partial charge is 0.482 e. The second kappa shape index (κ2) is 6.71. The molecule has 0 amide bonds. The maximum Gasteiger partial charge on any atom is 0.349 e. The molecule has 7 heteroatoms. The molecule has 0 saturated heterocycles. The third kappa shape index (κ3) is 4.19.